The van der Waals surface area contributed by atoms with Gasteiger partial charge < -0.3 is 4.18 Å². The molecule has 0 aliphatic carbocycles. The molecular weight excluding hydrogens is 362 g/mol. The maximum atomic E-state index is 13.1. The lowest BCUT2D eigenvalue weighted by molar-refractivity contribution is 0.0843. The third kappa shape index (κ3) is 2.60. The smallest absolute Gasteiger partial charge is 0.317 e. The summed E-state index contributed by atoms with van der Waals surface area (Å²) in [6, 6.07) is 25.7. The average molecular weight is 379 g/mol. The lowest BCUT2D eigenvalue weighted by Gasteiger charge is -2.31. The van der Waals surface area contributed by atoms with Crippen LogP contribution < -0.4 is 9.25 Å². The molecule has 0 bridgehead atoms. The summed E-state index contributed by atoms with van der Waals surface area (Å²) in [5, 5.41) is 0.844. The Morgan fingerprint density at radius 2 is 1.41 bits per heavy atom. The Hall–Kier alpha value is -2.83. The lowest BCUT2D eigenvalue weighted by Crippen LogP contribution is -2.39. The zero-order valence-corrected chi connectivity index (χ0v) is 15.1. The van der Waals surface area contributed by atoms with Crippen LogP contribution >= 0.6 is 0 Å². The average Bonchev–Trinajstić information content (AvgIpc) is 3.11. The SMILES string of the molecule is O=S1(=O)Oc2ccccc2[C@H]2[C@@H]1[C@H](c1ccccc1)ON2c1ccccc1. The molecule has 136 valence electrons. The molecular formula is C21H17NO4S. The Kier molecular flexibility index (Phi) is 3.70. The van der Waals surface area contributed by atoms with Crippen molar-refractivity contribution in [3.63, 3.8) is 0 Å². The summed E-state index contributed by atoms with van der Waals surface area (Å²) in [5.41, 5.74) is 2.41. The third-order valence-electron chi connectivity index (χ3n) is 5.01. The lowest BCUT2D eigenvalue weighted by atomic mass is 9.96. The van der Waals surface area contributed by atoms with Crippen LogP contribution in [-0.2, 0) is 15.0 Å². The molecule has 1 fully saturated rings. The molecule has 1 saturated heterocycles. The van der Waals surface area contributed by atoms with E-state index in [-0.39, 0.29) is 0 Å². The van der Waals surface area contributed by atoms with Gasteiger partial charge in [-0.3, -0.25) is 4.84 Å². The second-order valence-electron chi connectivity index (χ2n) is 6.62. The molecule has 2 heterocycles. The van der Waals surface area contributed by atoms with E-state index >= 15 is 0 Å². The minimum Gasteiger partial charge on any atom is -0.382 e. The van der Waals surface area contributed by atoms with E-state index in [0.29, 0.717) is 5.75 Å². The van der Waals surface area contributed by atoms with Gasteiger partial charge in [0.25, 0.3) is 0 Å². The molecule has 6 heteroatoms. The molecule has 0 spiro atoms. The Labute approximate surface area is 157 Å². The topological polar surface area (TPSA) is 55.8 Å². The standard InChI is InChI=1S/C21H17NO4S/c23-27(24)21-19(17-13-7-8-14-18(17)26-27)22(16-11-5-2-6-12-16)25-20(21)15-9-3-1-4-10-15/h1-14,19-21H/t19-,20-,21+/m0/s1. The van der Waals surface area contributed by atoms with Crippen LogP contribution in [0.4, 0.5) is 5.69 Å². The van der Waals surface area contributed by atoms with Crippen molar-refractivity contribution in [1.82, 2.24) is 0 Å². The first-order valence-corrected chi connectivity index (χ1v) is 10.2. The van der Waals surface area contributed by atoms with Gasteiger partial charge in [-0.1, -0.05) is 66.7 Å². The van der Waals surface area contributed by atoms with E-state index in [1.165, 1.54) is 0 Å². The molecule has 3 aromatic rings. The van der Waals surface area contributed by atoms with Gasteiger partial charge in [0.2, 0.25) is 0 Å². The quantitative estimate of drug-likeness (QED) is 0.630. The maximum absolute atomic E-state index is 13.1. The number of benzene rings is 3. The highest BCUT2D eigenvalue weighted by Crippen LogP contribution is 2.52. The van der Waals surface area contributed by atoms with Crippen molar-refractivity contribution >= 4 is 15.8 Å². The zero-order chi connectivity index (χ0) is 18.4. The van der Waals surface area contributed by atoms with Crippen LogP contribution in [0.3, 0.4) is 0 Å². The van der Waals surface area contributed by atoms with Crippen molar-refractivity contribution < 1.29 is 17.4 Å². The predicted octanol–water partition coefficient (Wildman–Crippen LogP) is 4.01. The predicted molar refractivity (Wildman–Crippen MR) is 102 cm³/mol. The second kappa shape index (κ2) is 6.11. The van der Waals surface area contributed by atoms with Crippen LogP contribution in [0, 0.1) is 0 Å². The second-order valence-corrected chi connectivity index (χ2v) is 8.32. The van der Waals surface area contributed by atoms with Gasteiger partial charge in [-0.25, -0.2) is 5.06 Å². The van der Waals surface area contributed by atoms with Crippen LogP contribution in [0.5, 0.6) is 5.75 Å². The first kappa shape index (κ1) is 16.4. The molecule has 5 rings (SSSR count). The minimum atomic E-state index is -3.88. The molecule has 0 N–H and O–H groups in total. The molecule has 27 heavy (non-hydrogen) atoms. The minimum absolute atomic E-state index is 0.358. The van der Waals surface area contributed by atoms with Crippen molar-refractivity contribution in [2.45, 2.75) is 17.4 Å². The molecule has 5 nitrogen and oxygen atoms in total. The molecule has 3 atom stereocenters. The van der Waals surface area contributed by atoms with Gasteiger partial charge in [-0.15, -0.1) is 0 Å². The van der Waals surface area contributed by atoms with Crippen LogP contribution in [0.2, 0.25) is 0 Å². The molecule has 0 aromatic heterocycles. The van der Waals surface area contributed by atoms with E-state index in [1.807, 2.05) is 72.8 Å². The van der Waals surface area contributed by atoms with Gasteiger partial charge in [0.1, 0.15) is 17.9 Å². The summed E-state index contributed by atoms with van der Waals surface area (Å²) in [5.74, 6) is 0.358. The van der Waals surface area contributed by atoms with Gasteiger partial charge in [0.05, 0.1) is 5.69 Å². The van der Waals surface area contributed by atoms with Crippen LogP contribution in [0.1, 0.15) is 23.3 Å². The van der Waals surface area contributed by atoms with Crippen LogP contribution in [0.25, 0.3) is 0 Å². The van der Waals surface area contributed by atoms with E-state index in [4.69, 9.17) is 9.02 Å². The zero-order valence-electron chi connectivity index (χ0n) is 14.3. The highest BCUT2D eigenvalue weighted by Gasteiger charge is 2.56. The summed E-state index contributed by atoms with van der Waals surface area (Å²) >= 11 is 0. The number of anilines is 1. The molecule has 0 unspecified atom stereocenters. The number of hydrogen-bond acceptors (Lipinski definition) is 5. The van der Waals surface area contributed by atoms with Crippen molar-refractivity contribution in [3.8, 4) is 5.75 Å². The van der Waals surface area contributed by atoms with E-state index in [9.17, 15) is 8.42 Å². The Morgan fingerprint density at radius 1 is 0.778 bits per heavy atom. The van der Waals surface area contributed by atoms with Crippen molar-refractivity contribution in [2.24, 2.45) is 0 Å². The molecule has 0 saturated carbocycles. The van der Waals surface area contributed by atoms with Gasteiger partial charge in [0.15, 0.2) is 5.25 Å². The van der Waals surface area contributed by atoms with E-state index in [1.54, 1.807) is 17.2 Å². The largest absolute Gasteiger partial charge is 0.382 e. The summed E-state index contributed by atoms with van der Waals surface area (Å²) in [7, 11) is -3.88. The summed E-state index contributed by atoms with van der Waals surface area (Å²) in [6.45, 7) is 0. The molecule has 0 radical (unpaired) electrons. The summed E-state index contributed by atoms with van der Waals surface area (Å²) in [4.78, 5) is 6.25. The highest BCUT2D eigenvalue weighted by molar-refractivity contribution is 7.87. The van der Waals surface area contributed by atoms with Gasteiger partial charge in [-0.2, -0.15) is 8.42 Å². The maximum Gasteiger partial charge on any atom is 0.317 e. The number of fused-ring (bicyclic) bond motifs is 3. The normalized spacial score (nSPS) is 25.3. The molecule has 2 aliphatic rings. The number of rotatable bonds is 2. The summed E-state index contributed by atoms with van der Waals surface area (Å²) < 4.78 is 31.6. The Morgan fingerprint density at radius 3 is 2.15 bits per heavy atom. The molecule has 2 aliphatic heterocycles. The molecule has 0 amide bonds. The number of hydroxylamine groups is 1. The summed E-state index contributed by atoms with van der Waals surface area (Å²) in [6.07, 6.45) is -0.658. The van der Waals surface area contributed by atoms with Gasteiger partial charge in [-0.05, 0) is 23.8 Å². The number of para-hydroxylation sites is 2. The van der Waals surface area contributed by atoms with E-state index in [2.05, 4.69) is 0 Å². The third-order valence-corrected chi connectivity index (χ3v) is 6.59. The van der Waals surface area contributed by atoms with Gasteiger partial charge >= 0.3 is 10.1 Å². The monoisotopic (exact) mass is 379 g/mol. The van der Waals surface area contributed by atoms with Crippen molar-refractivity contribution in [3.05, 3.63) is 96.1 Å². The van der Waals surface area contributed by atoms with E-state index in [0.717, 1.165) is 16.8 Å². The van der Waals surface area contributed by atoms with Crippen molar-refractivity contribution in [1.29, 1.82) is 0 Å². The Balaban J connectivity index is 1.72. The van der Waals surface area contributed by atoms with Crippen molar-refractivity contribution in [2.75, 3.05) is 5.06 Å². The first-order chi connectivity index (χ1) is 13.1. The van der Waals surface area contributed by atoms with E-state index < -0.39 is 27.5 Å². The highest BCUT2D eigenvalue weighted by atomic mass is 32.2. The molecule has 3 aromatic carbocycles. The number of nitrogens with zero attached hydrogens (tertiary/aromatic N) is 1. The van der Waals surface area contributed by atoms with Crippen LogP contribution in [-0.4, -0.2) is 13.7 Å². The van der Waals surface area contributed by atoms with Crippen LogP contribution in [0.15, 0.2) is 84.9 Å². The fourth-order valence-electron chi connectivity index (χ4n) is 3.83. The first-order valence-electron chi connectivity index (χ1n) is 8.73. The fraction of sp³-hybridized carbons (Fsp3) is 0.143. The fourth-order valence-corrected chi connectivity index (χ4v) is 5.43. The Bertz CT molecular complexity index is 1070. The van der Waals surface area contributed by atoms with Gasteiger partial charge in [0, 0.05) is 5.56 Å². The number of hydrogen-bond donors (Lipinski definition) is 0.